The minimum atomic E-state index is -3.72. The van der Waals surface area contributed by atoms with Crippen molar-refractivity contribution in [1.29, 1.82) is 0 Å². The number of esters is 1. The zero-order valence-electron chi connectivity index (χ0n) is 19.2. The van der Waals surface area contributed by atoms with E-state index in [2.05, 4.69) is 9.50 Å². The Morgan fingerprint density at radius 2 is 1.61 bits per heavy atom. The van der Waals surface area contributed by atoms with Gasteiger partial charge in [-0.3, -0.25) is 23.3 Å². The van der Waals surface area contributed by atoms with E-state index in [4.69, 9.17) is 9.47 Å². The summed E-state index contributed by atoms with van der Waals surface area (Å²) in [5.41, 5.74) is -0.991. The molecule has 0 saturated heterocycles. The predicted molar refractivity (Wildman–Crippen MR) is 115 cm³/mol. The number of amides is 1. The van der Waals surface area contributed by atoms with Crippen LogP contribution in [0.25, 0.3) is 0 Å². The number of carbonyl (C=O) groups is 3. The number of ketones is 1. The van der Waals surface area contributed by atoms with Crippen LogP contribution in [-0.4, -0.2) is 64.8 Å². The minimum absolute atomic E-state index is 0. The van der Waals surface area contributed by atoms with Crippen molar-refractivity contribution in [3.05, 3.63) is 0 Å². The number of ether oxygens (including phenoxy) is 2. The van der Waals surface area contributed by atoms with Gasteiger partial charge in [0.1, 0.15) is 5.78 Å². The quantitative estimate of drug-likeness (QED) is 0.194. The summed E-state index contributed by atoms with van der Waals surface area (Å²) in [6.07, 6.45) is 3.34. The monoisotopic (exact) mass is 471 g/mol. The van der Waals surface area contributed by atoms with Crippen molar-refractivity contribution in [2.45, 2.75) is 71.3 Å². The van der Waals surface area contributed by atoms with Crippen molar-refractivity contribution in [3.8, 4) is 0 Å². The van der Waals surface area contributed by atoms with Crippen LogP contribution >= 0.6 is 0 Å². The second-order valence-corrected chi connectivity index (χ2v) is 9.70. The second kappa shape index (κ2) is 16.1. The third-order valence-corrected chi connectivity index (χ3v) is 6.09. The maximum atomic E-state index is 12.2. The van der Waals surface area contributed by atoms with Crippen molar-refractivity contribution in [2.24, 2.45) is 5.92 Å². The molecule has 0 rings (SSSR count). The van der Waals surface area contributed by atoms with E-state index in [0.29, 0.717) is 38.7 Å². The Hall–Kier alpha value is -1.59. The van der Waals surface area contributed by atoms with Crippen LogP contribution in [0, 0.1) is 5.92 Å². The fraction of sp³-hybridized carbons (Fsp3) is 0.850. The average molecular weight is 472 g/mol. The first-order valence-corrected chi connectivity index (χ1v) is 11.7. The number of carbonyl (C=O) groups excluding carboxylic acids is 3. The first kappa shape index (κ1) is 31.6. The fourth-order valence-electron chi connectivity index (χ4n) is 2.94. The zero-order chi connectivity index (χ0) is 23.2. The van der Waals surface area contributed by atoms with Gasteiger partial charge < -0.3 is 14.8 Å². The zero-order valence-corrected chi connectivity index (χ0v) is 20.0. The molecule has 0 heterocycles. The standard InChI is InChI=1S/C20H37NO8S.FH/c1-16(22)17(9-8-14-29-19(24)10-6-7-13-27-4)11-12-18(23)21-20(2,3)15-30(25,26)28-5;/h17H,6-15H2,1-5H3,(H,21,23);1H. The van der Waals surface area contributed by atoms with Crippen molar-refractivity contribution >= 4 is 27.8 Å². The van der Waals surface area contributed by atoms with E-state index >= 15 is 0 Å². The van der Waals surface area contributed by atoms with E-state index in [1.165, 1.54) is 6.92 Å². The molecular formula is C20H38FNO8S. The number of rotatable bonds is 17. The van der Waals surface area contributed by atoms with Crippen LogP contribution in [0.2, 0.25) is 0 Å². The highest BCUT2D eigenvalue weighted by atomic mass is 32.2. The smallest absolute Gasteiger partial charge is 0.305 e. The van der Waals surface area contributed by atoms with Crippen LogP contribution in [0.5, 0.6) is 0 Å². The molecule has 0 spiro atoms. The van der Waals surface area contributed by atoms with Crippen LogP contribution < -0.4 is 5.32 Å². The molecule has 1 unspecified atom stereocenters. The molecule has 0 aromatic heterocycles. The number of Topliss-reactive ketones (excluding diaryl/α,β-unsaturated/α-hetero) is 1. The Kier molecular flexibility index (Phi) is 16.4. The Balaban J connectivity index is 0. The number of unbranched alkanes of at least 4 members (excludes halogenated alkanes) is 1. The fourth-order valence-corrected chi connectivity index (χ4v) is 4.01. The van der Waals surface area contributed by atoms with E-state index in [9.17, 15) is 22.8 Å². The molecule has 0 aliphatic carbocycles. The lowest BCUT2D eigenvalue weighted by molar-refractivity contribution is -0.144. The number of nitrogens with one attached hydrogen (secondary N) is 1. The molecule has 1 N–H and O–H groups in total. The van der Waals surface area contributed by atoms with Crippen molar-refractivity contribution in [2.75, 3.05) is 33.2 Å². The van der Waals surface area contributed by atoms with E-state index in [1.54, 1.807) is 21.0 Å². The second-order valence-electron chi connectivity index (χ2n) is 7.96. The molecule has 0 radical (unpaired) electrons. The van der Waals surface area contributed by atoms with Crippen LogP contribution in [-0.2, 0) is 38.2 Å². The van der Waals surface area contributed by atoms with Gasteiger partial charge in [0, 0.05) is 32.5 Å². The number of methoxy groups -OCH3 is 1. The summed E-state index contributed by atoms with van der Waals surface area (Å²) in [5.74, 6) is -1.30. The molecule has 1 atom stereocenters. The molecule has 0 aliphatic rings. The third kappa shape index (κ3) is 16.7. The summed E-state index contributed by atoms with van der Waals surface area (Å²) in [5, 5.41) is 2.66. The van der Waals surface area contributed by atoms with Crippen molar-refractivity contribution in [1.82, 2.24) is 5.32 Å². The molecule has 31 heavy (non-hydrogen) atoms. The molecule has 0 bridgehead atoms. The van der Waals surface area contributed by atoms with Gasteiger partial charge >= 0.3 is 5.97 Å². The summed E-state index contributed by atoms with van der Waals surface area (Å²) in [6, 6.07) is 0. The highest BCUT2D eigenvalue weighted by Crippen LogP contribution is 2.16. The molecule has 184 valence electrons. The lowest BCUT2D eigenvalue weighted by atomic mass is 9.93. The topological polar surface area (TPSA) is 125 Å². The number of halogens is 1. The van der Waals surface area contributed by atoms with Gasteiger partial charge in [-0.1, -0.05) is 0 Å². The summed E-state index contributed by atoms with van der Waals surface area (Å²) >= 11 is 0. The Morgan fingerprint density at radius 1 is 0.968 bits per heavy atom. The largest absolute Gasteiger partial charge is 0.466 e. The molecule has 11 heteroatoms. The van der Waals surface area contributed by atoms with Gasteiger partial charge in [-0.2, -0.15) is 8.42 Å². The molecule has 0 fully saturated rings. The van der Waals surface area contributed by atoms with Crippen molar-refractivity contribution < 1.29 is 41.2 Å². The van der Waals surface area contributed by atoms with Crippen LogP contribution in [0.4, 0.5) is 4.70 Å². The maximum absolute atomic E-state index is 12.2. The first-order chi connectivity index (χ1) is 13.9. The Morgan fingerprint density at radius 3 is 2.16 bits per heavy atom. The molecule has 0 saturated carbocycles. The van der Waals surface area contributed by atoms with Gasteiger partial charge in [-0.25, -0.2) is 0 Å². The van der Waals surface area contributed by atoms with E-state index in [-0.39, 0.29) is 47.1 Å². The normalized spacial score (nSPS) is 12.5. The van der Waals surface area contributed by atoms with Gasteiger partial charge in [-0.15, -0.1) is 0 Å². The lowest BCUT2D eigenvalue weighted by Gasteiger charge is -2.25. The lowest BCUT2D eigenvalue weighted by Crippen LogP contribution is -2.48. The van der Waals surface area contributed by atoms with E-state index < -0.39 is 15.7 Å². The van der Waals surface area contributed by atoms with Crippen LogP contribution in [0.15, 0.2) is 0 Å². The maximum Gasteiger partial charge on any atom is 0.305 e. The molecule has 0 aromatic rings. The summed E-state index contributed by atoms with van der Waals surface area (Å²) in [6.45, 7) is 5.50. The molecule has 9 nitrogen and oxygen atoms in total. The van der Waals surface area contributed by atoms with Gasteiger partial charge in [-0.05, 0) is 52.9 Å². The average Bonchev–Trinajstić information content (AvgIpc) is 2.62. The SMILES string of the molecule is COCCCCC(=O)OCCCC(CCC(=O)NC(C)(C)CS(=O)(=O)OC)C(C)=O.F. The number of hydrogen-bond acceptors (Lipinski definition) is 8. The first-order valence-electron chi connectivity index (χ1n) is 10.2. The summed E-state index contributed by atoms with van der Waals surface area (Å²) < 4.78 is 37.7. The van der Waals surface area contributed by atoms with E-state index in [0.717, 1.165) is 13.5 Å². The Bertz CT molecular complexity index is 652. The molecule has 0 aromatic carbocycles. The summed E-state index contributed by atoms with van der Waals surface area (Å²) in [7, 11) is -1.03. The van der Waals surface area contributed by atoms with Gasteiger partial charge in [0.2, 0.25) is 5.91 Å². The van der Waals surface area contributed by atoms with Gasteiger partial charge in [0.05, 0.1) is 25.0 Å². The van der Waals surface area contributed by atoms with Crippen LogP contribution in [0.3, 0.4) is 0 Å². The molecular weight excluding hydrogens is 433 g/mol. The number of hydrogen-bond donors (Lipinski definition) is 1. The van der Waals surface area contributed by atoms with Crippen molar-refractivity contribution in [3.63, 3.8) is 0 Å². The van der Waals surface area contributed by atoms with Crippen LogP contribution in [0.1, 0.15) is 65.7 Å². The minimum Gasteiger partial charge on any atom is -0.466 e. The van der Waals surface area contributed by atoms with E-state index in [1.807, 2.05) is 0 Å². The molecule has 1 amide bonds. The predicted octanol–water partition coefficient (Wildman–Crippen LogP) is 2.14. The highest BCUT2D eigenvalue weighted by molar-refractivity contribution is 7.86. The highest BCUT2D eigenvalue weighted by Gasteiger charge is 2.28. The van der Waals surface area contributed by atoms with Gasteiger partial charge in [0.25, 0.3) is 10.1 Å². The summed E-state index contributed by atoms with van der Waals surface area (Å²) in [4.78, 5) is 35.7. The molecule has 0 aliphatic heterocycles. The Labute approximate surface area is 185 Å². The third-order valence-electron chi connectivity index (χ3n) is 4.50. The van der Waals surface area contributed by atoms with Gasteiger partial charge in [0.15, 0.2) is 0 Å².